The molecule has 2 rings (SSSR count). The molecule has 162 valence electrons. The minimum absolute atomic E-state index is 0.0950. The molecule has 0 atom stereocenters. The van der Waals surface area contributed by atoms with Gasteiger partial charge in [0.05, 0.1) is 17.6 Å². The molecule has 0 saturated carbocycles. The van der Waals surface area contributed by atoms with Crippen LogP contribution in [0.2, 0.25) is 0 Å². The molecule has 8 heteroatoms. The van der Waals surface area contributed by atoms with Crippen molar-refractivity contribution < 1.29 is 14.3 Å². The van der Waals surface area contributed by atoms with Crippen molar-refractivity contribution in [3.8, 4) is 0 Å². The van der Waals surface area contributed by atoms with E-state index < -0.39 is 5.97 Å². The van der Waals surface area contributed by atoms with Gasteiger partial charge in [0.1, 0.15) is 5.00 Å². The van der Waals surface area contributed by atoms with Crippen molar-refractivity contribution in [2.45, 2.75) is 33.6 Å². The average Bonchev–Trinajstić information content (AvgIpc) is 3.07. The number of thiophene rings is 1. The number of anilines is 1. The summed E-state index contributed by atoms with van der Waals surface area (Å²) in [5, 5.41) is 7.19. The van der Waals surface area contributed by atoms with Crippen LogP contribution in [0.3, 0.4) is 0 Å². The zero-order valence-electron chi connectivity index (χ0n) is 17.9. The third kappa shape index (κ3) is 6.03. The van der Waals surface area contributed by atoms with Crippen LogP contribution in [0.1, 0.15) is 51.4 Å². The third-order valence-corrected chi connectivity index (χ3v) is 6.22. The second-order valence-electron chi connectivity index (χ2n) is 6.70. The Hall–Kier alpha value is -2.45. The topological polar surface area (TPSA) is 70.7 Å². The van der Waals surface area contributed by atoms with Gasteiger partial charge >= 0.3 is 5.97 Å². The molecule has 0 aliphatic carbocycles. The second-order valence-corrected chi connectivity index (χ2v) is 8.13. The molecule has 1 aromatic carbocycles. The molecule has 2 aromatic rings. The van der Waals surface area contributed by atoms with Gasteiger partial charge in [0.2, 0.25) is 0 Å². The Bertz CT molecular complexity index is 877. The summed E-state index contributed by atoms with van der Waals surface area (Å²) in [6.07, 6.45) is 1.87. The number of esters is 1. The Morgan fingerprint density at radius 3 is 2.43 bits per heavy atom. The standard InChI is InChI=1S/C22H29N3O3S2/c1-5-25(6-2)20(26)18-15(3)17(21(27)28-4)19(30-18)24-22(29)23-14-10-13-16-11-8-7-9-12-16/h7-9,11-12H,5-6,10,13-14H2,1-4H3,(H2,23,24,29). The van der Waals surface area contributed by atoms with Crippen LogP contribution in [0, 0.1) is 6.92 Å². The molecule has 0 spiro atoms. The van der Waals surface area contributed by atoms with Crippen molar-refractivity contribution in [3.05, 3.63) is 51.9 Å². The lowest BCUT2D eigenvalue weighted by Gasteiger charge is -2.17. The van der Waals surface area contributed by atoms with Crippen LogP contribution in [-0.2, 0) is 11.2 Å². The van der Waals surface area contributed by atoms with E-state index in [0.29, 0.717) is 45.8 Å². The number of rotatable bonds is 9. The summed E-state index contributed by atoms with van der Waals surface area (Å²) >= 11 is 6.63. The van der Waals surface area contributed by atoms with E-state index in [9.17, 15) is 9.59 Å². The molecule has 1 amide bonds. The maximum Gasteiger partial charge on any atom is 0.341 e. The number of thiocarbonyl (C=S) groups is 1. The molecule has 0 bridgehead atoms. The van der Waals surface area contributed by atoms with Crippen LogP contribution >= 0.6 is 23.6 Å². The number of methoxy groups -OCH3 is 1. The van der Waals surface area contributed by atoms with Crippen LogP contribution in [0.5, 0.6) is 0 Å². The first-order valence-electron chi connectivity index (χ1n) is 10.0. The number of amides is 1. The summed E-state index contributed by atoms with van der Waals surface area (Å²) < 4.78 is 4.93. The number of hydrogen-bond donors (Lipinski definition) is 2. The van der Waals surface area contributed by atoms with E-state index in [1.165, 1.54) is 24.0 Å². The Kier molecular flexibility index (Phi) is 9.26. The highest BCUT2D eigenvalue weighted by molar-refractivity contribution is 7.80. The van der Waals surface area contributed by atoms with E-state index in [1.54, 1.807) is 11.8 Å². The van der Waals surface area contributed by atoms with Crippen molar-refractivity contribution >= 4 is 45.5 Å². The van der Waals surface area contributed by atoms with Crippen molar-refractivity contribution in [1.29, 1.82) is 0 Å². The highest BCUT2D eigenvalue weighted by Gasteiger charge is 2.27. The Morgan fingerprint density at radius 2 is 1.83 bits per heavy atom. The molecule has 30 heavy (non-hydrogen) atoms. The number of carbonyl (C=O) groups is 2. The Labute approximate surface area is 187 Å². The van der Waals surface area contributed by atoms with E-state index in [2.05, 4.69) is 22.8 Å². The van der Waals surface area contributed by atoms with Crippen LogP contribution in [0.25, 0.3) is 0 Å². The first-order chi connectivity index (χ1) is 14.4. The van der Waals surface area contributed by atoms with Crippen molar-refractivity contribution in [2.75, 3.05) is 32.1 Å². The summed E-state index contributed by atoms with van der Waals surface area (Å²) in [5.74, 6) is -0.584. The summed E-state index contributed by atoms with van der Waals surface area (Å²) in [7, 11) is 1.33. The predicted octanol–water partition coefficient (Wildman–Crippen LogP) is 4.24. The van der Waals surface area contributed by atoms with Gasteiger partial charge in [-0.1, -0.05) is 30.3 Å². The predicted molar refractivity (Wildman–Crippen MR) is 127 cm³/mol. The van der Waals surface area contributed by atoms with Crippen LogP contribution in [-0.4, -0.2) is 48.6 Å². The highest BCUT2D eigenvalue weighted by Crippen LogP contribution is 2.34. The molecule has 0 fully saturated rings. The SMILES string of the molecule is CCN(CC)C(=O)c1sc(NC(=S)NCCCc2ccccc2)c(C(=O)OC)c1C. The molecule has 0 aliphatic rings. The van der Waals surface area contributed by atoms with Gasteiger partial charge in [0.25, 0.3) is 5.91 Å². The van der Waals surface area contributed by atoms with Gasteiger partial charge < -0.3 is 20.3 Å². The third-order valence-electron chi connectivity index (χ3n) is 4.78. The van der Waals surface area contributed by atoms with E-state index in [4.69, 9.17) is 17.0 Å². The molecule has 0 saturated heterocycles. The minimum atomic E-state index is -0.489. The van der Waals surface area contributed by atoms with Gasteiger partial charge in [0.15, 0.2) is 5.11 Å². The monoisotopic (exact) mass is 447 g/mol. The first-order valence-corrected chi connectivity index (χ1v) is 11.2. The van der Waals surface area contributed by atoms with Crippen LogP contribution in [0.4, 0.5) is 5.00 Å². The number of hydrogen-bond acceptors (Lipinski definition) is 5. The largest absolute Gasteiger partial charge is 0.465 e. The zero-order chi connectivity index (χ0) is 22.1. The fourth-order valence-corrected chi connectivity index (χ4v) is 4.53. The Balaban J connectivity index is 2.07. The molecule has 0 radical (unpaired) electrons. The number of carbonyl (C=O) groups excluding carboxylic acids is 2. The molecule has 2 N–H and O–H groups in total. The van der Waals surface area contributed by atoms with Crippen molar-refractivity contribution in [1.82, 2.24) is 10.2 Å². The molecular formula is C22H29N3O3S2. The fraction of sp³-hybridized carbons (Fsp3) is 0.409. The number of benzene rings is 1. The van der Waals surface area contributed by atoms with Crippen LogP contribution in [0.15, 0.2) is 30.3 Å². The summed E-state index contributed by atoms with van der Waals surface area (Å²) in [5.41, 5.74) is 2.24. The first kappa shape index (κ1) is 23.8. The quantitative estimate of drug-likeness (QED) is 0.340. The number of nitrogens with zero attached hydrogens (tertiary/aromatic N) is 1. The summed E-state index contributed by atoms with van der Waals surface area (Å²) in [6, 6.07) is 10.3. The van der Waals surface area contributed by atoms with E-state index in [-0.39, 0.29) is 5.91 Å². The van der Waals surface area contributed by atoms with E-state index in [0.717, 1.165) is 12.8 Å². The maximum atomic E-state index is 12.8. The normalized spacial score (nSPS) is 10.4. The van der Waals surface area contributed by atoms with Gasteiger partial charge in [-0.15, -0.1) is 11.3 Å². The molecule has 6 nitrogen and oxygen atoms in total. The molecule has 1 heterocycles. The van der Waals surface area contributed by atoms with Crippen molar-refractivity contribution in [3.63, 3.8) is 0 Å². The summed E-state index contributed by atoms with van der Waals surface area (Å²) in [4.78, 5) is 27.4. The minimum Gasteiger partial charge on any atom is -0.465 e. The number of aryl methyl sites for hydroxylation is 1. The number of nitrogens with one attached hydrogen (secondary N) is 2. The fourth-order valence-electron chi connectivity index (χ4n) is 3.09. The lowest BCUT2D eigenvalue weighted by atomic mass is 10.1. The maximum absolute atomic E-state index is 12.8. The van der Waals surface area contributed by atoms with E-state index in [1.807, 2.05) is 32.0 Å². The molecule has 0 aliphatic heterocycles. The van der Waals surface area contributed by atoms with Crippen LogP contribution < -0.4 is 10.6 Å². The number of ether oxygens (including phenoxy) is 1. The highest BCUT2D eigenvalue weighted by atomic mass is 32.1. The van der Waals surface area contributed by atoms with Gasteiger partial charge in [0, 0.05) is 19.6 Å². The summed E-state index contributed by atoms with van der Waals surface area (Å²) in [6.45, 7) is 7.53. The second kappa shape index (κ2) is 11.7. The molecular weight excluding hydrogens is 418 g/mol. The van der Waals surface area contributed by atoms with Gasteiger partial charge in [-0.25, -0.2) is 4.79 Å². The zero-order valence-corrected chi connectivity index (χ0v) is 19.5. The smallest absolute Gasteiger partial charge is 0.341 e. The van der Waals surface area contributed by atoms with E-state index >= 15 is 0 Å². The van der Waals surface area contributed by atoms with Gasteiger partial charge in [-0.3, -0.25) is 4.79 Å². The molecule has 0 unspecified atom stereocenters. The lowest BCUT2D eigenvalue weighted by Crippen LogP contribution is -2.30. The van der Waals surface area contributed by atoms with Gasteiger partial charge in [-0.05, 0) is 57.0 Å². The Morgan fingerprint density at radius 1 is 1.17 bits per heavy atom. The molecule has 1 aromatic heterocycles. The average molecular weight is 448 g/mol. The van der Waals surface area contributed by atoms with Gasteiger partial charge in [-0.2, -0.15) is 0 Å². The lowest BCUT2D eigenvalue weighted by molar-refractivity contribution is 0.0601. The van der Waals surface area contributed by atoms with Crippen molar-refractivity contribution in [2.24, 2.45) is 0 Å².